The Labute approximate surface area is 158 Å². The molecule has 0 saturated heterocycles. The van der Waals surface area contributed by atoms with Crippen molar-refractivity contribution in [2.24, 2.45) is 0 Å². The summed E-state index contributed by atoms with van der Waals surface area (Å²) in [5.74, 6) is 1.47. The Morgan fingerprint density at radius 3 is 2.56 bits per heavy atom. The van der Waals surface area contributed by atoms with Gasteiger partial charge in [0.1, 0.15) is 12.3 Å². The summed E-state index contributed by atoms with van der Waals surface area (Å²) >= 11 is 0. The topological polar surface area (TPSA) is 68.5 Å². The van der Waals surface area contributed by atoms with Crippen molar-refractivity contribution in [1.82, 2.24) is 15.0 Å². The Morgan fingerprint density at radius 1 is 1.11 bits per heavy atom. The van der Waals surface area contributed by atoms with Gasteiger partial charge in [0.25, 0.3) is 5.91 Å². The molecule has 0 N–H and O–H groups in total. The van der Waals surface area contributed by atoms with Gasteiger partial charge in [0, 0.05) is 12.1 Å². The largest absolute Gasteiger partial charge is 0.484 e. The first kappa shape index (κ1) is 18.6. The molecule has 140 valence electrons. The van der Waals surface area contributed by atoms with Crippen LogP contribution in [0.4, 0.5) is 0 Å². The highest BCUT2D eigenvalue weighted by atomic mass is 16.5. The summed E-state index contributed by atoms with van der Waals surface area (Å²) in [5.41, 5.74) is 3.10. The van der Waals surface area contributed by atoms with Crippen LogP contribution >= 0.6 is 0 Å². The Bertz CT molecular complexity index is 920. The van der Waals surface area contributed by atoms with Crippen LogP contribution in [-0.4, -0.2) is 34.1 Å². The van der Waals surface area contributed by atoms with Crippen molar-refractivity contribution in [3.63, 3.8) is 0 Å². The van der Waals surface area contributed by atoms with Gasteiger partial charge >= 0.3 is 0 Å². The molecule has 0 atom stereocenters. The van der Waals surface area contributed by atoms with E-state index in [1.807, 2.05) is 69.3 Å². The average Bonchev–Trinajstić information content (AvgIpc) is 3.13. The maximum absolute atomic E-state index is 12.5. The van der Waals surface area contributed by atoms with Gasteiger partial charge in [0.15, 0.2) is 6.61 Å². The van der Waals surface area contributed by atoms with Crippen molar-refractivity contribution in [3.8, 4) is 17.1 Å². The lowest BCUT2D eigenvalue weighted by atomic mass is 10.1. The molecule has 3 rings (SSSR count). The molecule has 6 nitrogen and oxygen atoms in total. The van der Waals surface area contributed by atoms with Crippen molar-refractivity contribution in [2.45, 2.75) is 27.3 Å². The third-order valence-corrected chi connectivity index (χ3v) is 4.16. The Hall–Kier alpha value is -3.15. The van der Waals surface area contributed by atoms with E-state index in [1.54, 1.807) is 4.90 Å². The van der Waals surface area contributed by atoms with Crippen LogP contribution in [0.25, 0.3) is 11.4 Å². The van der Waals surface area contributed by atoms with E-state index in [2.05, 4.69) is 10.1 Å². The molecule has 1 heterocycles. The molecule has 1 aromatic heterocycles. The van der Waals surface area contributed by atoms with Gasteiger partial charge in [-0.2, -0.15) is 4.98 Å². The average molecular weight is 365 g/mol. The van der Waals surface area contributed by atoms with E-state index in [1.165, 1.54) is 0 Å². The minimum absolute atomic E-state index is 0.0316. The van der Waals surface area contributed by atoms with Gasteiger partial charge in [-0.3, -0.25) is 4.79 Å². The number of amides is 1. The van der Waals surface area contributed by atoms with Gasteiger partial charge in [-0.15, -0.1) is 0 Å². The maximum Gasteiger partial charge on any atom is 0.260 e. The summed E-state index contributed by atoms with van der Waals surface area (Å²) in [7, 11) is 0. The van der Waals surface area contributed by atoms with E-state index >= 15 is 0 Å². The van der Waals surface area contributed by atoms with Gasteiger partial charge in [-0.05, 0) is 44.5 Å². The Kier molecular flexibility index (Phi) is 5.86. The van der Waals surface area contributed by atoms with E-state index in [0.29, 0.717) is 24.0 Å². The zero-order chi connectivity index (χ0) is 19.2. The number of hydrogen-bond acceptors (Lipinski definition) is 5. The molecule has 1 amide bonds. The Balaban J connectivity index is 1.62. The quantitative estimate of drug-likeness (QED) is 0.637. The number of hydrogen-bond donors (Lipinski definition) is 0. The number of carbonyl (C=O) groups excluding carboxylic acids is 1. The molecule has 2 aromatic carbocycles. The van der Waals surface area contributed by atoms with Crippen LogP contribution < -0.4 is 4.74 Å². The molecule has 3 aromatic rings. The van der Waals surface area contributed by atoms with Crippen LogP contribution in [0.15, 0.2) is 53.1 Å². The van der Waals surface area contributed by atoms with E-state index < -0.39 is 0 Å². The Morgan fingerprint density at radius 2 is 1.85 bits per heavy atom. The van der Waals surface area contributed by atoms with Crippen molar-refractivity contribution < 1.29 is 14.1 Å². The van der Waals surface area contributed by atoms with Gasteiger partial charge in [0.2, 0.25) is 11.7 Å². The fourth-order valence-corrected chi connectivity index (χ4v) is 2.70. The second-order valence-corrected chi connectivity index (χ2v) is 6.39. The van der Waals surface area contributed by atoms with Crippen molar-refractivity contribution in [3.05, 3.63) is 65.5 Å². The lowest BCUT2D eigenvalue weighted by Gasteiger charge is -2.19. The van der Waals surface area contributed by atoms with Crippen molar-refractivity contribution >= 4 is 5.91 Å². The summed E-state index contributed by atoms with van der Waals surface area (Å²) in [5, 5.41) is 4.02. The third kappa shape index (κ3) is 4.94. The first-order valence-electron chi connectivity index (χ1n) is 8.92. The highest BCUT2D eigenvalue weighted by Crippen LogP contribution is 2.18. The fraction of sp³-hybridized carbons (Fsp3) is 0.286. The van der Waals surface area contributed by atoms with Gasteiger partial charge in [-0.25, -0.2) is 0 Å². The highest BCUT2D eigenvalue weighted by molar-refractivity contribution is 5.77. The zero-order valence-electron chi connectivity index (χ0n) is 15.8. The highest BCUT2D eigenvalue weighted by Gasteiger charge is 2.17. The number of rotatable bonds is 7. The number of aryl methyl sites for hydroxylation is 2. The number of likely N-dealkylation sites (N-methyl/N-ethyl adjacent to an activating group) is 1. The van der Waals surface area contributed by atoms with Crippen LogP contribution in [0.1, 0.15) is 23.9 Å². The molecule has 0 fully saturated rings. The van der Waals surface area contributed by atoms with E-state index in [4.69, 9.17) is 9.26 Å². The molecule has 0 bridgehead atoms. The van der Waals surface area contributed by atoms with Gasteiger partial charge < -0.3 is 14.2 Å². The van der Waals surface area contributed by atoms with E-state index in [9.17, 15) is 4.79 Å². The number of ether oxygens (including phenoxy) is 1. The molecule has 0 radical (unpaired) electrons. The summed E-state index contributed by atoms with van der Waals surface area (Å²) < 4.78 is 10.9. The second kappa shape index (κ2) is 8.49. The van der Waals surface area contributed by atoms with Crippen molar-refractivity contribution in [2.75, 3.05) is 13.2 Å². The van der Waals surface area contributed by atoms with E-state index in [0.717, 1.165) is 16.7 Å². The molecule has 0 saturated carbocycles. The van der Waals surface area contributed by atoms with Crippen LogP contribution in [0.3, 0.4) is 0 Å². The first-order valence-corrected chi connectivity index (χ1v) is 8.92. The van der Waals surface area contributed by atoms with Gasteiger partial charge in [0.05, 0.1) is 0 Å². The summed E-state index contributed by atoms with van der Waals surface area (Å²) in [6.45, 7) is 6.65. The minimum Gasteiger partial charge on any atom is -0.484 e. The molecule has 0 aliphatic rings. The van der Waals surface area contributed by atoms with Gasteiger partial charge in [-0.1, -0.05) is 41.1 Å². The monoisotopic (exact) mass is 365 g/mol. The van der Waals surface area contributed by atoms with Crippen LogP contribution in [-0.2, 0) is 11.3 Å². The summed E-state index contributed by atoms with van der Waals surface area (Å²) in [6.07, 6.45) is 0. The minimum atomic E-state index is -0.130. The lowest BCUT2D eigenvalue weighted by Crippen LogP contribution is -2.34. The normalized spacial score (nSPS) is 10.6. The molecule has 0 aliphatic heterocycles. The van der Waals surface area contributed by atoms with Crippen molar-refractivity contribution in [1.29, 1.82) is 0 Å². The molecule has 0 unspecified atom stereocenters. The summed E-state index contributed by atoms with van der Waals surface area (Å²) in [6, 6.07) is 15.5. The maximum atomic E-state index is 12.5. The molecule has 0 spiro atoms. The lowest BCUT2D eigenvalue weighted by molar-refractivity contribution is -0.134. The predicted octanol–water partition coefficient (Wildman–Crippen LogP) is 3.78. The number of aromatic nitrogens is 2. The number of benzene rings is 2. The van der Waals surface area contributed by atoms with E-state index in [-0.39, 0.29) is 19.1 Å². The summed E-state index contributed by atoms with van der Waals surface area (Å²) in [4.78, 5) is 18.5. The predicted molar refractivity (Wildman–Crippen MR) is 102 cm³/mol. The second-order valence-electron chi connectivity index (χ2n) is 6.39. The number of carbonyl (C=O) groups is 1. The molecule has 0 aliphatic carbocycles. The van der Waals surface area contributed by atoms with Crippen LogP contribution in [0.2, 0.25) is 0 Å². The molecule has 27 heavy (non-hydrogen) atoms. The standard InChI is InChI=1S/C21H23N3O3/c1-4-24(20(25)14-26-18-10-6-8-16(3)12-18)13-19-22-21(23-27-19)17-9-5-7-15(2)11-17/h5-12H,4,13-14H2,1-3H3. The first-order chi connectivity index (χ1) is 13.0. The molecular weight excluding hydrogens is 342 g/mol. The fourth-order valence-electron chi connectivity index (χ4n) is 2.70. The zero-order valence-corrected chi connectivity index (χ0v) is 15.8. The smallest absolute Gasteiger partial charge is 0.260 e. The van der Waals surface area contributed by atoms with Crippen LogP contribution in [0.5, 0.6) is 5.75 Å². The van der Waals surface area contributed by atoms with Crippen LogP contribution in [0, 0.1) is 13.8 Å². The number of nitrogens with zero attached hydrogens (tertiary/aromatic N) is 3. The SMILES string of the molecule is CCN(Cc1nc(-c2cccc(C)c2)no1)C(=O)COc1cccc(C)c1. The third-order valence-electron chi connectivity index (χ3n) is 4.16. The molecule has 6 heteroatoms. The molecular formula is C21H23N3O3.